The number of benzene rings is 2. The normalized spacial score (nSPS) is 14.5. The third-order valence-electron chi connectivity index (χ3n) is 5.40. The summed E-state index contributed by atoms with van der Waals surface area (Å²) in [4.78, 5) is 9.32. The van der Waals surface area contributed by atoms with Crippen molar-refractivity contribution in [2.45, 2.75) is 13.1 Å². The van der Waals surface area contributed by atoms with Crippen LogP contribution in [0.3, 0.4) is 0 Å². The molecular formula is C24H27ClN4O. The summed E-state index contributed by atoms with van der Waals surface area (Å²) < 4.78 is 5.21. The molecular weight excluding hydrogens is 396 g/mol. The third kappa shape index (κ3) is 5.43. The standard InChI is InChI=1S/C24H27ClN4O/c1-30-22-9-7-19(8-10-22)17-26-24-16-21(15-23(25)27-24)29-13-11-28(12-14-29)18-20-5-3-2-4-6-20/h2-10,15-16H,11-14,17-18H2,1H3,(H,26,27). The van der Waals surface area contributed by atoms with E-state index in [1.165, 1.54) is 5.56 Å². The van der Waals surface area contributed by atoms with Gasteiger partial charge in [-0.25, -0.2) is 4.98 Å². The first kappa shape index (κ1) is 20.5. The van der Waals surface area contributed by atoms with Gasteiger partial charge in [0.1, 0.15) is 16.7 Å². The Hall–Kier alpha value is -2.76. The molecule has 0 atom stereocenters. The average Bonchev–Trinajstić information content (AvgIpc) is 2.79. The number of aromatic nitrogens is 1. The lowest BCUT2D eigenvalue weighted by Gasteiger charge is -2.36. The third-order valence-corrected chi connectivity index (χ3v) is 5.59. The van der Waals surface area contributed by atoms with Crippen LogP contribution in [-0.2, 0) is 13.1 Å². The summed E-state index contributed by atoms with van der Waals surface area (Å²) >= 11 is 6.32. The maximum absolute atomic E-state index is 6.32. The second-order valence-corrected chi connectivity index (χ2v) is 7.87. The zero-order chi connectivity index (χ0) is 20.8. The van der Waals surface area contributed by atoms with Crippen LogP contribution in [0, 0.1) is 0 Å². The SMILES string of the molecule is COc1ccc(CNc2cc(N3CCN(Cc4ccccc4)CC3)cc(Cl)n2)cc1. The Labute approximate surface area is 183 Å². The van der Waals surface area contributed by atoms with Crippen LogP contribution in [-0.4, -0.2) is 43.2 Å². The van der Waals surface area contributed by atoms with Crippen molar-refractivity contribution < 1.29 is 4.74 Å². The van der Waals surface area contributed by atoms with Gasteiger partial charge in [0.2, 0.25) is 0 Å². The highest BCUT2D eigenvalue weighted by Gasteiger charge is 2.18. The van der Waals surface area contributed by atoms with Gasteiger partial charge in [-0.3, -0.25) is 4.90 Å². The summed E-state index contributed by atoms with van der Waals surface area (Å²) in [7, 11) is 1.67. The summed E-state index contributed by atoms with van der Waals surface area (Å²) in [6, 6.07) is 22.7. The van der Waals surface area contributed by atoms with Gasteiger partial charge < -0.3 is 15.0 Å². The average molecular weight is 423 g/mol. The summed E-state index contributed by atoms with van der Waals surface area (Å²) in [5.74, 6) is 1.65. The van der Waals surface area contributed by atoms with Crippen molar-refractivity contribution in [3.05, 3.63) is 83.0 Å². The number of ether oxygens (including phenoxy) is 1. The molecule has 6 heteroatoms. The molecule has 2 aromatic carbocycles. The highest BCUT2D eigenvalue weighted by Crippen LogP contribution is 2.24. The van der Waals surface area contributed by atoms with Gasteiger partial charge in [0.05, 0.1) is 7.11 Å². The van der Waals surface area contributed by atoms with E-state index < -0.39 is 0 Å². The van der Waals surface area contributed by atoms with Gasteiger partial charge in [-0.2, -0.15) is 0 Å². The number of anilines is 2. The van der Waals surface area contributed by atoms with Crippen molar-refractivity contribution in [1.82, 2.24) is 9.88 Å². The van der Waals surface area contributed by atoms with Crippen LogP contribution >= 0.6 is 11.6 Å². The summed E-state index contributed by atoms with van der Waals surface area (Å²) in [5, 5.41) is 3.90. The lowest BCUT2D eigenvalue weighted by Crippen LogP contribution is -2.46. The molecule has 156 valence electrons. The molecule has 1 aliphatic heterocycles. The fourth-order valence-corrected chi connectivity index (χ4v) is 3.90. The molecule has 0 radical (unpaired) electrons. The molecule has 0 saturated carbocycles. The number of hydrogen-bond acceptors (Lipinski definition) is 5. The molecule has 0 unspecified atom stereocenters. The van der Waals surface area contributed by atoms with Gasteiger partial charge in [0.25, 0.3) is 0 Å². The smallest absolute Gasteiger partial charge is 0.133 e. The molecule has 3 aromatic rings. The minimum absolute atomic E-state index is 0.511. The zero-order valence-electron chi connectivity index (χ0n) is 17.2. The predicted molar refractivity (Wildman–Crippen MR) is 123 cm³/mol. The van der Waals surface area contributed by atoms with Gasteiger partial charge in [-0.1, -0.05) is 54.1 Å². The highest BCUT2D eigenvalue weighted by molar-refractivity contribution is 6.29. The monoisotopic (exact) mass is 422 g/mol. The van der Waals surface area contributed by atoms with Crippen molar-refractivity contribution in [1.29, 1.82) is 0 Å². The van der Waals surface area contributed by atoms with Gasteiger partial charge >= 0.3 is 0 Å². The molecule has 0 amide bonds. The topological polar surface area (TPSA) is 40.6 Å². The van der Waals surface area contributed by atoms with E-state index in [1.807, 2.05) is 30.3 Å². The number of methoxy groups -OCH3 is 1. The number of piperazine rings is 1. The van der Waals surface area contributed by atoms with Crippen LogP contribution in [0.5, 0.6) is 5.75 Å². The molecule has 5 nitrogen and oxygen atoms in total. The first-order chi connectivity index (χ1) is 14.7. The molecule has 30 heavy (non-hydrogen) atoms. The van der Waals surface area contributed by atoms with Crippen LogP contribution in [0.1, 0.15) is 11.1 Å². The van der Waals surface area contributed by atoms with Crippen LogP contribution in [0.2, 0.25) is 5.15 Å². The summed E-state index contributed by atoms with van der Waals surface area (Å²) in [5.41, 5.74) is 3.64. The Balaban J connectivity index is 1.35. The second kappa shape index (κ2) is 9.83. The van der Waals surface area contributed by atoms with Crippen LogP contribution in [0.4, 0.5) is 11.5 Å². The minimum Gasteiger partial charge on any atom is -0.497 e. The quantitative estimate of drug-likeness (QED) is 0.560. The molecule has 1 fully saturated rings. The van der Waals surface area contributed by atoms with Crippen molar-refractivity contribution in [3.8, 4) is 5.75 Å². The summed E-state index contributed by atoms with van der Waals surface area (Å²) in [6.07, 6.45) is 0. The van der Waals surface area contributed by atoms with E-state index in [0.29, 0.717) is 11.7 Å². The Kier molecular flexibility index (Phi) is 6.72. The Morgan fingerprint density at radius 3 is 2.37 bits per heavy atom. The second-order valence-electron chi connectivity index (χ2n) is 7.48. The van der Waals surface area contributed by atoms with E-state index in [-0.39, 0.29) is 0 Å². The fourth-order valence-electron chi connectivity index (χ4n) is 3.70. The first-order valence-corrected chi connectivity index (χ1v) is 10.6. The number of hydrogen-bond donors (Lipinski definition) is 1. The van der Waals surface area contributed by atoms with E-state index in [0.717, 1.165) is 55.5 Å². The Morgan fingerprint density at radius 2 is 1.67 bits per heavy atom. The molecule has 0 bridgehead atoms. The number of nitrogens with one attached hydrogen (secondary N) is 1. The number of rotatable bonds is 7. The van der Waals surface area contributed by atoms with Crippen molar-refractivity contribution in [2.75, 3.05) is 43.5 Å². The Morgan fingerprint density at radius 1 is 0.933 bits per heavy atom. The molecule has 2 heterocycles. The first-order valence-electron chi connectivity index (χ1n) is 10.3. The van der Waals surface area contributed by atoms with E-state index in [9.17, 15) is 0 Å². The van der Waals surface area contributed by atoms with Gasteiger partial charge in [0, 0.05) is 51.0 Å². The lowest BCUT2D eigenvalue weighted by atomic mass is 10.2. The van der Waals surface area contributed by atoms with E-state index >= 15 is 0 Å². The maximum Gasteiger partial charge on any atom is 0.133 e. The maximum atomic E-state index is 6.32. The van der Waals surface area contributed by atoms with E-state index in [1.54, 1.807) is 7.11 Å². The molecule has 1 N–H and O–H groups in total. The molecule has 0 aliphatic carbocycles. The van der Waals surface area contributed by atoms with Crippen molar-refractivity contribution >= 4 is 23.1 Å². The number of halogens is 1. The number of pyridine rings is 1. The molecule has 1 aliphatic rings. The Bertz CT molecular complexity index is 941. The van der Waals surface area contributed by atoms with Gasteiger partial charge in [-0.05, 0) is 29.3 Å². The van der Waals surface area contributed by atoms with E-state index in [4.69, 9.17) is 16.3 Å². The van der Waals surface area contributed by atoms with Crippen molar-refractivity contribution in [2.24, 2.45) is 0 Å². The largest absolute Gasteiger partial charge is 0.497 e. The van der Waals surface area contributed by atoms with Crippen LogP contribution in [0.25, 0.3) is 0 Å². The summed E-state index contributed by atoms with van der Waals surface area (Å²) in [6.45, 7) is 5.70. The van der Waals surface area contributed by atoms with Gasteiger partial charge in [-0.15, -0.1) is 0 Å². The van der Waals surface area contributed by atoms with Crippen LogP contribution < -0.4 is 15.0 Å². The highest BCUT2D eigenvalue weighted by atomic mass is 35.5. The minimum atomic E-state index is 0.511. The molecule has 1 saturated heterocycles. The molecule has 4 rings (SSSR count). The van der Waals surface area contributed by atoms with Crippen molar-refractivity contribution in [3.63, 3.8) is 0 Å². The molecule has 1 aromatic heterocycles. The fraction of sp³-hybridized carbons (Fsp3) is 0.292. The van der Waals surface area contributed by atoms with Gasteiger partial charge in [0.15, 0.2) is 0 Å². The zero-order valence-corrected chi connectivity index (χ0v) is 18.0. The lowest BCUT2D eigenvalue weighted by molar-refractivity contribution is 0.250. The molecule has 0 spiro atoms. The predicted octanol–water partition coefficient (Wildman–Crippen LogP) is 4.68. The van der Waals surface area contributed by atoms with E-state index in [2.05, 4.69) is 56.5 Å². The van der Waals surface area contributed by atoms with Crippen LogP contribution in [0.15, 0.2) is 66.7 Å². The number of nitrogens with zero attached hydrogens (tertiary/aromatic N) is 3.